The van der Waals surface area contributed by atoms with Crippen LogP contribution in [-0.2, 0) is 42.1 Å². The first-order valence-electron chi connectivity index (χ1n) is 23.4. The second-order valence-electron chi connectivity index (χ2n) is 20.6. The standard InChI is InChI=1S/C51H61N3O16S/c1-23(2)65-46(57)67-39-25(4)40-41(64-22-63-40)34-30-20-62-45(56)51(28-19-31(60-12)32(18-26(28)14-15-52-51)66-47(58)69-49(5,6)7)21-71-43(35(34)39)37-36-33-27(17-29(53(36)11)44(55)54(30)37)16-24(3)38(61-13)42(33)68-48(59)70-50(8,9)10/h16,18-19,29-30,36-37,43-44,52,55H,1,14-15,17,20-22H2,2-13H3/t29-,30-,36+,37?,43+,44-,51+/m0/s1. The van der Waals surface area contributed by atoms with Crippen molar-refractivity contribution in [3.8, 4) is 40.2 Å². The SMILES string of the molecule is C=C(C)OC(=O)Oc1c(C)c2c(c3c1[C@H]1SC[C@]4(NCCc5cc(OC(=O)OC(C)(C)C)c(OC)cc54)C(=O)OC[C@@H]3N3C1[C@H]1c4c(cc(C)c(OC)c4OC(=O)OC(C)(C)C)C[C@@H]([C@@H]3O)N1C)OCO2. The fourth-order valence-electron chi connectivity index (χ4n) is 11.0. The Morgan fingerprint density at radius 1 is 0.845 bits per heavy atom. The Bertz CT molecular complexity index is 2730. The molecule has 1 unspecified atom stereocenters. The van der Waals surface area contributed by atoms with Crippen LogP contribution in [0.4, 0.5) is 14.4 Å². The van der Waals surface area contributed by atoms with Crippen LogP contribution in [0.5, 0.6) is 40.2 Å². The predicted molar refractivity (Wildman–Crippen MR) is 256 cm³/mol. The fourth-order valence-corrected chi connectivity index (χ4v) is 12.6. The van der Waals surface area contributed by atoms with Gasteiger partial charge in [0.15, 0.2) is 40.0 Å². The number of hydrogen-bond acceptors (Lipinski definition) is 20. The van der Waals surface area contributed by atoms with Gasteiger partial charge in [-0.3, -0.25) is 15.1 Å². The Balaban J connectivity index is 1.27. The molecule has 0 aliphatic carbocycles. The number of esters is 1. The zero-order valence-electron chi connectivity index (χ0n) is 42.0. The van der Waals surface area contributed by atoms with Gasteiger partial charge < -0.3 is 57.2 Å². The number of nitrogens with one attached hydrogen (secondary N) is 1. The summed E-state index contributed by atoms with van der Waals surface area (Å²) in [6, 6.07) is 2.41. The summed E-state index contributed by atoms with van der Waals surface area (Å²) in [6.07, 6.45) is -3.31. The molecule has 3 aromatic carbocycles. The molecule has 3 aromatic rings. The molecule has 7 aliphatic rings. The highest BCUT2D eigenvalue weighted by molar-refractivity contribution is 7.99. The maximum atomic E-state index is 15.2. The van der Waals surface area contributed by atoms with Crippen molar-refractivity contribution in [2.45, 2.75) is 128 Å². The molecule has 20 heteroatoms. The lowest BCUT2D eigenvalue weighted by Gasteiger charge is -2.62. The van der Waals surface area contributed by atoms with Crippen LogP contribution in [0.15, 0.2) is 30.5 Å². The van der Waals surface area contributed by atoms with Crippen molar-refractivity contribution in [1.82, 2.24) is 15.1 Å². The molecule has 0 aromatic heterocycles. The quantitative estimate of drug-likeness (QED) is 0.105. The molecule has 2 N–H and O–H groups in total. The summed E-state index contributed by atoms with van der Waals surface area (Å²) in [5, 5.41) is 15.7. The van der Waals surface area contributed by atoms with Gasteiger partial charge in [-0.25, -0.2) is 19.2 Å². The number of piperazine rings is 1. The normalized spacial score (nSPS) is 25.3. The number of aliphatic hydroxyl groups is 1. The molecule has 1 spiro atoms. The summed E-state index contributed by atoms with van der Waals surface area (Å²) in [5.41, 5.74) is 1.57. The van der Waals surface area contributed by atoms with Gasteiger partial charge in [0.25, 0.3) is 0 Å². The second-order valence-corrected chi connectivity index (χ2v) is 21.7. The van der Waals surface area contributed by atoms with Crippen LogP contribution in [0, 0.1) is 13.8 Å². The molecule has 19 nitrogen and oxygen atoms in total. The number of benzene rings is 3. The van der Waals surface area contributed by atoms with Crippen LogP contribution in [0.25, 0.3) is 0 Å². The summed E-state index contributed by atoms with van der Waals surface area (Å²) in [5.74, 6) is 1.04. The van der Waals surface area contributed by atoms with E-state index in [1.165, 1.54) is 32.9 Å². The van der Waals surface area contributed by atoms with Crippen molar-refractivity contribution in [3.63, 3.8) is 0 Å². The molecule has 0 amide bonds. The topological polar surface area (TPSA) is 209 Å². The zero-order valence-corrected chi connectivity index (χ0v) is 42.8. The summed E-state index contributed by atoms with van der Waals surface area (Å²) >= 11 is 1.37. The van der Waals surface area contributed by atoms with Gasteiger partial charge in [-0.05, 0) is 117 Å². The van der Waals surface area contributed by atoms with Crippen LogP contribution >= 0.6 is 11.8 Å². The maximum Gasteiger partial charge on any atom is 0.519 e. The van der Waals surface area contributed by atoms with Crippen molar-refractivity contribution < 1.29 is 76.4 Å². The summed E-state index contributed by atoms with van der Waals surface area (Å²) < 4.78 is 65.5. The van der Waals surface area contributed by atoms with Gasteiger partial charge in [0, 0.05) is 40.6 Å². The number of hydrogen-bond donors (Lipinski definition) is 2. The lowest BCUT2D eigenvalue weighted by Crippen LogP contribution is -2.70. The molecule has 71 heavy (non-hydrogen) atoms. The number of thioether (sulfide) groups is 1. The molecule has 10 rings (SSSR count). The number of ether oxygens (including phenoxy) is 11. The minimum Gasteiger partial charge on any atom is -0.493 e. The summed E-state index contributed by atoms with van der Waals surface area (Å²) in [4.78, 5) is 59.7. The van der Waals surface area contributed by atoms with E-state index in [1.807, 2.05) is 24.9 Å². The molecular formula is C51H61N3O16S. The van der Waals surface area contributed by atoms with E-state index in [0.29, 0.717) is 75.6 Å². The average molecular weight is 1000 g/mol. The number of nitrogens with zero attached hydrogens (tertiary/aromatic N) is 2. The number of carbonyl (C=O) groups excluding carboxylic acids is 4. The van der Waals surface area contributed by atoms with E-state index in [9.17, 15) is 19.5 Å². The first-order valence-corrected chi connectivity index (χ1v) is 24.5. The largest absolute Gasteiger partial charge is 0.519 e. The maximum absolute atomic E-state index is 15.2. The third-order valence-electron chi connectivity index (χ3n) is 13.6. The number of rotatable bonds is 6. The fraction of sp³-hybridized carbons (Fsp3) is 0.529. The molecule has 2 saturated heterocycles. The molecule has 2 fully saturated rings. The Hall–Kier alpha value is -5.93. The van der Waals surface area contributed by atoms with Crippen LogP contribution < -0.4 is 38.5 Å². The molecular weight excluding hydrogens is 943 g/mol. The second kappa shape index (κ2) is 18.3. The predicted octanol–water partition coefficient (Wildman–Crippen LogP) is 7.75. The highest BCUT2D eigenvalue weighted by Gasteiger charge is 2.62. The van der Waals surface area contributed by atoms with Crippen LogP contribution in [-0.4, -0.2) is 116 Å². The summed E-state index contributed by atoms with van der Waals surface area (Å²) in [7, 11) is 4.85. The van der Waals surface area contributed by atoms with Gasteiger partial charge in [0.05, 0.1) is 37.6 Å². The van der Waals surface area contributed by atoms with Crippen LogP contribution in [0.2, 0.25) is 0 Å². The van der Waals surface area contributed by atoms with Gasteiger partial charge >= 0.3 is 24.4 Å². The first-order chi connectivity index (χ1) is 33.5. The molecule has 7 atom stereocenters. The Kier molecular flexibility index (Phi) is 12.9. The minimum absolute atomic E-state index is 0.00217. The molecule has 7 aliphatic heterocycles. The number of aliphatic hydroxyl groups excluding tert-OH is 1. The van der Waals surface area contributed by atoms with Gasteiger partial charge in [-0.1, -0.05) is 12.6 Å². The summed E-state index contributed by atoms with van der Waals surface area (Å²) in [6.45, 7) is 19.1. The van der Waals surface area contributed by atoms with E-state index >= 15 is 4.79 Å². The minimum atomic E-state index is -1.54. The monoisotopic (exact) mass is 1000 g/mol. The number of allylic oxidation sites excluding steroid dienone is 1. The number of likely N-dealkylation sites (N-methyl/N-ethyl adjacent to an activating group) is 1. The number of carbonyl (C=O) groups is 4. The van der Waals surface area contributed by atoms with Crippen molar-refractivity contribution in [2.24, 2.45) is 0 Å². The highest BCUT2D eigenvalue weighted by atomic mass is 32.2. The van der Waals surface area contributed by atoms with Gasteiger partial charge in [0.2, 0.25) is 6.79 Å². The molecule has 7 heterocycles. The Morgan fingerprint density at radius 3 is 2.18 bits per heavy atom. The van der Waals surface area contributed by atoms with Gasteiger partial charge in [-0.15, -0.1) is 11.8 Å². The van der Waals surface area contributed by atoms with Gasteiger partial charge in [-0.2, -0.15) is 0 Å². The van der Waals surface area contributed by atoms with Gasteiger partial charge in [0.1, 0.15) is 35.5 Å². The van der Waals surface area contributed by atoms with E-state index in [1.54, 1.807) is 60.6 Å². The van der Waals surface area contributed by atoms with Crippen LogP contribution in [0.1, 0.15) is 110 Å². The molecule has 0 saturated carbocycles. The lowest BCUT2D eigenvalue weighted by molar-refractivity contribution is -0.186. The average Bonchev–Trinajstić information content (AvgIpc) is 3.76. The first kappa shape index (κ1) is 50.0. The third-order valence-corrected chi connectivity index (χ3v) is 15.1. The lowest BCUT2D eigenvalue weighted by atomic mass is 9.73. The van der Waals surface area contributed by atoms with E-state index in [0.717, 1.165) is 5.56 Å². The molecule has 382 valence electrons. The van der Waals surface area contributed by atoms with Crippen molar-refractivity contribution in [2.75, 3.05) is 47.0 Å². The number of aryl methyl sites for hydroxylation is 1. The Labute approximate surface area is 416 Å². The van der Waals surface area contributed by atoms with E-state index in [2.05, 4.69) is 16.8 Å². The van der Waals surface area contributed by atoms with Crippen molar-refractivity contribution >= 4 is 36.2 Å². The zero-order chi connectivity index (χ0) is 51.2. The number of fused-ring (bicyclic) bond motifs is 9. The van der Waals surface area contributed by atoms with E-state index < -0.39 is 76.8 Å². The van der Waals surface area contributed by atoms with Crippen molar-refractivity contribution in [3.05, 3.63) is 75.0 Å². The molecule has 0 radical (unpaired) electrons. The third kappa shape index (κ3) is 8.74. The van der Waals surface area contributed by atoms with Crippen LogP contribution in [0.3, 0.4) is 0 Å². The highest BCUT2D eigenvalue weighted by Crippen LogP contribution is 2.65. The number of methoxy groups -OCH3 is 2. The molecule has 4 bridgehead atoms. The van der Waals surface area contributed by atoms with E-state index in [4.69, 9.17) is 52.1 Å². The van der Waals surface area contributed by atoms with Crippen molar-refractivity contribution in [1.29, 1.82) is 0 Å². The smallest absolute Gasteiger partial charge is 0.493 e. The Morgan fingerprint density at radius 2 is 1.52 bits per heavy atom. The van der Waals surface area contributed by atoms with E-state index in [-0.39, 0.29) is 47.9 Å².